The maximum atomic E-state index is 12.2. The molecule has 104 valence electrons. The first-order valence-electron chi connectivity index (χ1n) is 7.03. The van der Waals surface area contributed by atoms with Crippen molar-refractivity contribution in [3.05, 3.63) is 89.6 Å². The molecular weight excluding hydrogens is 258 g/mol. The molecule has 0 atom stereocenters. The Hall–Kier alpha value is -2.61. The van der Waals surface area contributed by atoms with E-state index in [2.05, 4.69) is 0 Å². The summed E-state index contributed by atoms with van der Waals surface area (Å²) in [6.07, 6.45) is 6.56. The summed E-state index contributed by atoms with van der Waals surface area (Å²) in [7, 11) is 2.00. The van der Waals surface area contributed by atoms with Crippen LogP contribution >= 0.6 is 0 Å². The Morgan fingerprint density at radius 3 is 2.48 bits per heavy atom. The van der Waals surface area contributed by atoms with E-state index in [0.29, 0.717) is 0 Å². The van der Waals surface area contributed by atoms with Gasteiger partial charge in [-0.3, -0.25) is 4.79 Å². The minimum absolute atomic E-state index is 0.151. The summed E-state index contributed by atoms with van der Waals surface area (Å²) in [6, 6.07) is 17.9. The smallest absolute Gasteiger partial charge is 0.189 e. The second-order valence-corrected chi connectivity index (χ2v) is 5.14. The van der Waals surface area contributed by atoms with E-state index in [1.165, 1.54) is 0 Å². The van der Waals surface area contributed by atoms with Crippen molar-refractivity contribution < 1.29 is 4.79 Å². The number of fused-ring (bicyclic) bond motifs is 1. The van der Waals surface area contributed by atoms with Gasteiger partial charge in [-0.15, -0.1) is 0 Å². The first-order valence-corrected chi connectivity index (χ1v) is 7.03. The van der Waals surface area contributed by atoms with Crippen molar-refractivity contribution in [1.82, 2.24) is 0 Å². The Morgan fingerprint density at radius 2 is 1.71 bits per heavy atom. The van der Waals surface area contributed by atoms with Crippen LogP contribution in [0.25, 0.3) is 0 Å². The summed E-state index contributed by atoms with van der Waals surface area (Å²) in [4.78, 5) is 14.3. The predicted molar refractivity (Wildman–Crippen MR) is 86.5 cm³/mol. The van der Waals surface area contributed by atoms with Crippen molar-refractivity contribution in [3.63, 3.8) is 0 Å². The summed E-state index contributed by atoms with van der Waals surface area (Å²) in [5, 5.41) is 0. The molecule has 0 aromatic heterocycles. The molecule has 0 aliphatic heterocycles. The SMILES string of the molecule is CN(/C=C/C=C1/Cc2ccccc2C1=O)c1ccccc1. The number of rotatable bonds is 3. The largest absolute Gasteiger partial charge is 0.351 e. The molecule has 0 saturated carbocycles. The molecule has 0 radical (unpaired) electrons. The third kappa shape index (κ3) is 2.79. The second-order valence-electron chi connectivity index (χ2n) is 5.14. The lowest BCUT2D eigenvalue weighted by atomic mass is 10.1. The van der Waals surface area contributed by atoms with Gasteiger partial charge in [-0.1, -0.05) is 48.5 Å². The van der Waals surface area contributed by atoms with Crippen molar-refractivity contribution in [1.29, 1.82) is 0 Å². The Morgan fingerprint density at radius 1 is 1.00 bits per heavy atom. The van der Waals surface area contributed by atoms with E-state index in [0.717, 1.165) is 28.8 Å². The van der Waals surface area contributed by atoms with Gasteiger partial charge >= 0.3 is 0 Å². The van der Waals surface area contributed by atoms with Crippen LogP contribution in [-0.2, 0) is 6.42 Å². The highest BCUT2D eigenvalue weighted by Crippen LogP contribution is 2.25. The van der Waals surface area contributed by atoms with Gasteiger partial charge in [0.15, 0.2) is 5.78 Å². The Bertz CT molecular complexity index is 713. The molecular formula is C19H17NO. The molecule has 2 aromatic rings. The lowest BCUT2D eigenvalue weighted by molar-refractivity contribution is 0.103. The van der Waals surface area contributed by atoms with Gasteiger partial charge in [0, 0.05) is 36.5 Å². The van der Waals surface area contributed by atoms with Crippen LogP contribution in [0, 0.1) is 0 Å². The second kappa shape index (κ2) is 5.80. The molecule has 2 nitrogen and oxygen atoms in total. The standard InChI is InChI=1S/C19H17NO/c1-20(17-10-3-2-4-11-17)13-7-9-16-14-15-8-5-6-12-18(15)19(16)21/h2-13H,14H2,1H3/b13-7+,16-9-. The van der Waals surface area contributed by atoms with Crippen LogP contribution < -0.4 is 4.90 Å². The zero-order valence-corrected chi connectivity index (χ0v) is 12.0. The molecule has 1 aliphatic carbocycles. The zero-order valence-electron chi connectivity index (χ0n) is 12.0. The van der Waals surface area contributed by atoms with Crippen LogP contribution in [0.5, 0.6) is 0 Å². The van der Waals surface area contributed by atoms with Crippen LogP contribution in [0.15, 0.2) is 78.5 Å². The van der Waals surface area contributed by atoms with Crippen LogP contribution in [0.1, 0.15) is 15.9 Å². The fraction of sp³-hybridized carbons (Fsp3) is 0.105. The van der Waals surface area contributed by atoms with Crippen LogP contribution in [0.4, 0.5) is 5.69 Å². The fourth-order valence-electron chi connectivity index (χ4n) is 2.53. The number of carbonyl (C=O) groups is 1. The Balaban J connectivity index is 1.73. The van der Waals surface area contributed by atoms with Crippen molar-refractivity contribution in [2.45, 2.75) is 6.42 Å². The van der Waals surface area contributed by atoms with E-state index in [9.17, 15) is 4.79 Å². The molecule has 0 bridgehead atoms. The topological polar surface area (TPSA) is 20.3 Å². The van der Waals surface area contributed by atoms with E-state index in [1.807, 2.05) is 84.9 Å². The summed E-state index contributed by atoms with van der Waals surface area (Å²) < 4.78 is 0. The van der Waals surface area contributed by atoms with E-state index in [1.54, 1.807) is 0 Å². The number of anilines is 1. The van der Waals surface area contributed by atoms with Gasteiger partial charge in [0.2, 0.25) is 0 Å². The summed E-state index contributed by atoms with van der Waals surface area (Å²) >= 11 is 0. The highest BCUT2D eigenvalue weighted by molar-refractivity contribution is 6.13. The number of hydrogen-bond donors (Lipinski definition) is 0. The number of carbonyl (C=O) groups excluding carboxylic acids is 1. The van der Waals surface area contributed by atoms with Crippen molar-refractivity contribution >= 4 is 11.5 Å². The number of benzene rings is 2. The number of hydrogen-bond acceptors (Lipinski definition) is 2. The Kier molecular flexibility index (Phi) is 3.69. The minimum atomic E-state index is 0.151. The van der Waals surface area contributed by atoms with Gasteiger partial charge in [-0.2, -0.15) is 0 Å². The minimum Gasteiger partial charge on any atom is -0.351 e. The van der Waals surface area contributed by atoms with Crippen molar-refractivity contribution in [2.24, 2.45) is 0 Å². The maximum Gasteiger partial charge on any atom is 0.189 e. The molecule has 0 heterocycles. The molecule has 0 spiro atoms. The summed E-state index contributed by atoms with van der Waals surface area (Å²) in [5.74, 6) is 0.151. The van der Waals surface area contributed by atoms with E-state index >= 15 is 0 Å². The average molecular weight is 275 g/mol. The first-order chi connectivity index (χ1) is 10.3. The predicted octanol–water partition coefficient (Wildman–Crippen LogP) is 4.00. The van der Waals surface area contributed by atoms with Gasteiger partial charge < -0.3 is 4.90 Å². The lowest BCUT2D eigenvalue weighted by Gasteiger charge is -2.12. The highest BCUT2D eigenvalue weighted by atomic mass is 16.1. The molecule has 0 fully saturated rings. The van der Waals surface area contributed by atoms with Crippen LogP contribution in [0.2, 0.25) is 0 Å². The molecule has 0 saturated heterocycles. The zero-order chi connectivity index (χ0) is 14.7. The molecule has 0 N–H and O–H groups in total. The summed E-state index contributed by atoms with van der Waals surface area (Å²) in [5.41, 5.74) is 3.94. The fourth-order valence-corrected chi connectivity index (χ4v) is 2.53. The lowest BCUT2D eigenvalue weighted by Crippen LogP contribution is -2.06. The Labute approximate surface area is 125 Å². The van der Waals surface area contributed by atoms with Crippen molar-refractivity contribution in [3.8, 4) is 0 Å². The molecule has 2 heteroatoms. The number of allylic oxidation sites excluding steroid dienone is 3. The molecule has 3 rings (SSSR count). The number of Topliss-reactive ketones (excluding diaryl/α,β-unsaturated/α-hetero) is 1. The quantitative estimate of drug-likeness (QED) is 0.789. The third-order valence-corrected chi connectivity index (χ3v) is 3.71. The van der Waals surface area contributed by atoms with Gasteiger partial charge in [-0.05, 0) is 23.8 Å². The molecule has 2 aromatic carbocycles. The van der Waals surface area contributed by atoms with E-state index in [4.69, 9.17) is 0 Å². The third-order valence-electron chi connectivity index (χ3n) is 3.71. The van der Waals surface area contributed by atoms with Gasteiger partial charge in [0.1, 0.15) is 0 Å². The maximum absolute atomic E-state index is 12.2. The van der Waals surface area contributed by atoms with E-state index < -0.39 is 0 Å². The molecule has 21 heavy (non-hydrogen) atoms. The first kappa shape index (κ1) is 13.4. The van der Waals surface area contributed by atoms with Gasteiger partial charge in [0.25, 0.3) is 0 Å². The number of para-hydroxylation sites is 1. The molecule has 0 unspecified atom stereocenters. The monoisotopic (exact) mass is 275 g/mol. The van der Waals surface area contributed by atoms with Gasteiger partial charge in [0.05, 0.1) is 0 Å². The summed E-state index contributed by atoms with van der Waals surface area (Å²) in [6.45, 7) is 0. The van der Waals surface area contributed by atoms with Crippen LogP contribution in [-0.4, -0.2) is 12.8 Å². The highest BCUT2D eigenvalue weighted by Gasteiger charge is 2.23. The van der Waals surface area contributed by atoms with Crippen LogP contribution in [0.3, 0.4) is 0 Å². The number of nitrogens with zero attached hydrogens (tertiary/aromatic N) is 1. The average Bonchev–Trinajstić information content (AvgIpc) is 2.85. The van der Waals surface area contributed by atoms with Gasteiger partial charge in [-0.25, -0.2) is 0 Å². The molecule has 1 aliphatic rings. The van der Waals surface area contributed by atoms with E-state index in [-0.39, 0.29) is 5.78 Å². The molecule has 0 amide bonds. The van der Waals surface area contributed by atoms with Crippen molar-refractivity contribution in [2.75, 3.05) is 11.9 Å². The normalized spacial score (nSPS) is 15.7. The number of ketones is 1.